The minimum Gasteiger partial charge on any atom is -0.382 e. The molecule has 0 saturated heterocycles. The molecule has 1 unspecified atom stereocenters. The maximum atomic E-state index is 12.2. The number of hydrogen-bond acceptors (Lipinski definition) is 2. The molecule has 0 amide bonds. The molecule has 0 radical (unpaired) electrons. The summed E-state index contributed by atoms with van der Waals surface area (Å²) in [4.78, 5) is 0. The van der Waals surface area contributed by atoms with Crippen molar-refractivity contribution in [2.24, 2.45) is 0 Å². The Morgan fingerprint density at radius 1 is 1.45 bits per heavy atom. The molecule has 6 heteroatoms. The van der Waals surface area contributed by atoms with Crippen molar-refractivity contribution in [2.75, 3.05) is 20.3 Å². The second-order valence-electron chi connectivity index (χ2n) is 1.70. The van der Waals surface area contributed by atoms with E-state index in [0.29, 0.717) is 0 Å². The van der Waals surface area contributed by atoms with Crippen molar-refractivity contribution < 1.29 is 22.6 Å². The van der Waals surface area contributed by atoms with Crippen molar-refractivity contribution in [3.63, 3.8) is 0 Å². The maximum absolute atomic E-state index is 12.2. The molecular formula is C5H8BrF3O2. The lowest BCUT2D eigenvalue weighted by Gasteiger charge is -2.15. The number of rotatable bonds is 5. The van der Waals surface area contributed by atoms with Gasteiger partial charge in [-0.1, -0.05) is 0 Å². The van der Waals surface area contributed by atoms with Crippen LogP contribution >= 0.6 is 15.9 Å². The molecule has 0 bridgehead atoms. The lowest BCUT2D eigenvalue weighted by molar-refractivity contribution is -0.256. The molecule has 1 atom stereocenters. The molecule has 0 rings (SSSR count). The molecule has 0 spiro atoms. The molecule has 68 valence electrons. The van der Waals surface area contributed by atoms with Gasteiger partial charge in [-0.25, -0.2) is 4.39 Å². The summed E-state index contributed by atoms with van der Waals surface area (Å²) in [7, 11) is 1.34. The molecule has 0 aromatic carbocycles. The van der Waals surface area contributed by atoms with E-state index in [9.17, 15) is 13.2 Å². The second-order valence-corrected chi connectivity index (χ2v) is 2.51. The summed E-state index contributed by atoms with van der Waals surface area (Å²) in [5.41, 5.74) is 0. The lowest BCUT2D eigenvalue weighted by atomic mass is 10.7. The Morgan fingerprint density at radius 2 is 2.00 bits per heavy atom. The van der Waals surface area contributed by atoms with Gasteiger partial charge < -0.3 is 9.47 Å². The van der Waals surface area contributed by atoms with Gasteiger partial charge in [0.05, 0.1) is 13.2 Å². The summed E-state index contributed by atoms with van der Waals surface area (Å²) in [5.74, 6) is 0. The largest absolute Gasteiger partial charge is 0.397 e. The zero-order valence-corrected chi connectivity index (χ0v) is 7.41. The first-order chi connectivity index (χ1) is 5.00. The first kappa shape index (κ1) is 11.2. The summed E-state index contributed by atoms with van der Waals surface area (Å²) in [5, 5.41) is -2.48. The van der Waals surface area contributed by atoms with Crippen molar-refractivity contribution in [1.29, 1.82) is 0 Å². The van der Waals surface area contributed by atoms with Crippen LogP contribution in [0.5, 0.6) is 0 Å². The van der Waals surface area contributed by atoms with Crippen LogP contribution in [0.3, 0.4) is 0 Å². The van der Waals surface area contributed by atoms with E-state index in [1.54, 1.807) is 0 Å². The molecular weight excluding hydrogens is 229 g/mol. The Morgan fingerprint density at radius 3 is 2.36 bits per heavy atom. The minimum absolute atomic E-state index is 0.00924. The van der Waals surface area contributed by atoms with Gasteiger partial charge in [-0.2, -0.15) is 8.78 Å². The second kappa shape index (κ2) is 4.95. The van der Waals surface area contributed by atoms with Gasteiger partial charge in [-0.15, -0.1) is 0 Å². The smallest absolute Gasteiger partial charge is 0.382 e. The van der Waals surface area contributed by atoms with E-state index in [4.69, 9.17) is 0 Å². The summed E-state index contributed by atoms with van der Waals surface area (Å²) in [6.45, 7) is -0.329. The van der Waals surface area contributed by atoms with Crippen LogP contribution in [-0.4, -0.2) is 31.5 Å². The normalized spacial score (nSPS) is 15.0. The van der Waals surface area contributed by atoms with Gasteiger partial charge in [0.1, 0.15) is 0 Å². The zero-order chi connectivity index (χ0) is 8.91. The number of alkyl halides is 4. The molecule has 0 N–H and O–H groups in total. The van der Waals surface area contributed by atoms with Crippen LogP contribution < -0.4 is 0 Å². The van der Waals surface area contributed by atoms with Crippen LogP contribution in [0, 0.1) is 0 Å². The molecule has 0 saturated carbocycles. The Hall–Kier alpha value is 0.190. The SMILES string of the molecule is COCCOC(F)(F)C(F)Br. The molecule has 0 fully saturated rings. The van der Waals surface area contributed by atoms with Crippen molar-refractivity contribution in [2.45, 2.75) is 11.2 Å². The van der Waals surface area contributed by atoms with Crippen LogP contribution in [0.25, 0.3) is 0 Å². The van der Waals surface area contributed by atoms with E-state index in [2.05, 4.69) is 25.4 Å². The van der Waals surface area contributed by atoms with Crippen molar-refractivity contribution in [3.8, 4) is 0 Å². The molecule has 0 aliphatic carbocycles. The molecule has 2 nitrogen and oxygen atoms in total. The third kappa shape index (κ3) is 4.60. The summed E-state index contributed by atoms with van der Waals surface area (Å²) in [6, 6.07) is 0. The summed E-state index contributed by atoms with van der Waals surface area (Å²) >= 11 is 2.07. The molecule has 0 aliphatic rings. The average Bonchev–Trinajstić information content (AvgIpc) is 1.88. The van der Waals surface area contributed by atoms with Gasteiger partial charge in [0, 0.05) is 7.11 Å². The van der Waals surface area contributed by atoms with Crippen LogP contribution in [0.4, 0.5) is 13.2 Å². The third-order valence-electron chi connectivity index (χ3n) is 0.836. The van der Waals surface area contributed by atoms with Crippen molar-refractivity contribution in [3.05, 3.63) is 0 Å². The number of hydrogen-bond donors (Lipinski definition) is 0. The summed E-state index contributed by atoms with van der Waals surface area (Å²) in [6.07, 6.45) is -3.78. The monoisotopic (exact) mass is 236 g/mol. The Bertz CT molecular complexity index is 110. The van der Waals surface area contributed by atoms with Crippen LogP contribution in [0.2, 0.25) is 0 Å². The Labute approximate surface area is 70.8 Å². The fourth-order valence-electron chi connectivity index (χ4n) is 0.324. The maximum Gasteiger partial charge on any atom is 0.397 e. The molecule has 0 aromatic heterocycles. The van der Waals surface area contributed by atoms with Crippen molar-refractivity contribution >= 4 is 15.9 Å². The van der Waals surface area contributed by atoms with Gasteiger partial charge in [-0.3, -0.25) is 0 Å². The van der Waals surface area contributed by atoms with E-state index in [1.165, 1.54) is 7.11 Å². The van der Waals surface area contributed by atoms with Gasteiger partial charge in [0.15, 0.2) is 0 Å². The van der Waals surface area contributed by atoms with E-state index in [1.807, 2.05) is 0 Å². The van der Waals surface area contributed by atoms with Gasteiger partial charge >= 0.3 is 6.11 Å². The average molecular weight is 237 g/mol. The van der Waals surface area contributed by atoms with E-state index < -0.39 is 11.2 Å². The van der Waals surface area contributed by atoms with E-state index >= 15 is 0 Å². The first-order valence-corrected chi connectivity index (χ1v) is 3.71. The predicted octanol–water partition coefficient (Wildman–Crippen LogP) is 1.93. The molecule has 0 heterocycles. The highest BCUT2D eigenvalue weighted by Gasteiger charge is 2.39. The fraction of sp³-hybridized carbons (Fsp3) is 1.00. The van der Waals surface area contributed by atoms with E-state index in [0.717, 1.165) is 0 Å². The minimum atomic E-state index is -3.78. The lowest BCUT2D eigenvalue weighted by Crippen LogP contribution is -2.30. The quantitative estimate of drug-likeness (QED) is 0.537. The van der Waals surface area contributed by atoms with Gasteiger partial charge in [0.2, 0.25) is 5.08 Å². The van der Waals surface area contributed by atoms with Crippen molar-refractivity contribution in [1.82, 2.24) is 0 Å². The van der Waals surface area contributed by atoms with E-state index in [-0.39, 0.29) is 13.2 Å². The predicted molar refractivity (Wildman–Crippen MR) is 36.6 cm³/mol. The van der Waals surface area contributed by atoms with Gasteiger partial charge in [-0.05, 0) is 15.9 Å². The molecule has 0 aliphatic heterocycles. The number of halogens is 4. The third-order valence-corrected chi connectivity index (χ3v) is 1.37. The van der Waals surface area contributed by atoms with Crippen LogP contribution in [0.1, 0.15) is 0 Å². The molecule has 11 heavy (non-hydrogen) atoms. The highest BCUT2D eigenvalue weighted by atomic mass is 79.9. The number of methoxy groups -OCH3 is 1. The highest BCUT2D eigenvalue weighted by Crippen LogP contribution is 2.26. The fourth-order valence-corrected chi connectivity index (χ4v) is 0.456. The highest BCUT2D eigenvalue weighted by molar-refractivity contribution is 9.09. The number of ether oxygens (including phenoxy) is 2. The van der Waals surface area contributed by atoms with Crippen LogP contribution in [0.15, 0.2) is 0 Å². The first-order valence-electron chi connectivity index (χ1n) is 2.79. The van der Waals surface area contributed by atoms with Crippen LogP contribution in [-0.2, 0) is 9.47 Å². The summed E-state index contributed by atoms with van der Waals surface area (Å²) < 4.78 is 44.5. The topological polar surface area (TPSA) is 18.5 Å². The standard InChI is InChI=1S/C5H8BrF3O2/c1-10-2-3-11-5(8,9)4(6)7/h4H,2-3H2,1H3. The molecule has 0 aromatic rings. The zero-order valence-electron chi connectivity index (χ0n) is 5.82. The van der Waals surface area contributed by atoms with Gasteiger partial charge in [0.25, 0.3) is 0 Å². The Kier molecular flexibility index (Phi) is 5.03. The Balaban J connectivity index is 3.55.